The van der Waals surface area contributed by atoms with Crippen LogP contribution in [-0.4, -0.2) is 32.4 Å². The standard InChI is InChI=1S/C27H29BrN2O4/c1-3-7-21-10-12-24(23(28)16-21)34-19-27(31)30-29-18-22-11-13-25(26(17-22)32-2)33-15-14-20-8-5-4-6-9-20/h4-6,8-13,16-18H,3,7,14-15,19H2,1-2H3,(H,30,31)/b29-18+. The summed E-state index contributed by atoms with van der Waals surface area (Å²) in [5, 5.41) is 4.01. The topological polar surface area (TPSA) is 69.2 Å². The zero-order valence-electron chi connectivity index (χ0n) is 19.4. The molecule has 3 aromatic rings. The molecular formula is C27H29BrN2O4. The molecule has 1 N–H and O–H groups in total. The first-order valence-electron chi connectivity index (χ1n) is 11.2. The zero-order valence-corrected chi connectivity index (χ0v) is 21.0. The van der Waals surface area contributed by atoms with Crippen LogP contribution < -0.4 is 19.6 Å². The second kappa shape index (κ2) is 13.4. The molecule has 1 amide bonds. The first-order chi connectivity index (χ1) is 16.6. The van der Waals surface area contributed by atoms with E-state index in [1.165, 1.54) is 11.1 Å². The first-order valence-corrected chi connectivity index (χ1v) is 12.0. The molecule has 6 nitrogen and oxygen atoms in total. The first kappa shape index (κ1) is 25.3. The van der Waals surface area contributed by atoms with Gasteiger partial charge < -0.3 is 14.2 Å². The molecule has 7 heteroatoms. The van der Waals surface area contributed by atoms with E-state index in [1.54, 1.807) is 19.4 Å². The average molecular weight is 525 g/mol. The summed E-state index contributed by atoms with van der Waals surface area (Å²) in [4.78, 5) is 12.1. The monoisotopic (exact) mass is 524 g/mol. The van der Waals surface area contributed by atoms with Crippen molar-refractivity contribution in [2.24, 2.45) is 5.10 Å². The smallest absolute Gasteiger partial charge is 0.277 e. The molecule has 0 saturated carbocycles. The van der Waals surface area contributed by atoms with Gasteiger partial charge in [-0.05, 0) is 69.4 Å². The number of hydrogen-bond donors (Lipinski definition) is 1. The van der Waals surface area contributed by atoms with Crippen LogP contribution >= 0.6 is 15.9 Å². The molecule has 0 bridgehead atoms. The van der Waals surface area contributed by atoms with Gasteiger partial charge in [0.1, 0.15) is 5.75 Å². The van der Waals surface area contributed by atoms with E-state index in [1.807, 2.05) is 48.5 Å². The van der Waals surface area contributed by atoms with Gasteiger partial charge in [0, 0.05) is 6.42 Å². The van der Waals surface area contributed by atoms with Crippen LogP contribution in [0.15, 0.2) is 76.3 Å². The fourth-order valence-corrected chi connectivity index (χ4v) is 3.81. The van der Waals surface area contributed by atoms with Gasteiger partial charge in [-0.1, -0.05) is 49.7 Å². The van der Waals surface area contributed by atoms with Crippen LogP contribution in [0.4, 0.5) is 0 Å². The van der Waals surface area contributed by atoms with E-state index in [4.69, 9.17) is 14.2 Å². The zero-order chi connectivity index (χ0) is 24.2. The van der Waals surface area contributed by atoms with Crippen LogP contribution in [0.25, 0.3) is 0 Å². The Hall–Kier alpha value is -3.32. The molecule has 0 aliphatic rings. The Balaban J connectivity index is 1.47. The lowest BCUT2D eigenvalue weighted by Crippen LogP contribution is -2.24. The van der Waals surface area contributed by atoms with Gasteiger partial charge in [-0.25, -0.2) is 5.43 Å². The maximum atomic E-state index is 12.1. The third-order valence-corrected chi connectivity index (χ3v) is 5.60. The van der Waals surface area contributed by atoms with Gasteiger partial charge in [0.15, 0.2) is 18.1 Å². The number of methoxy groups -OCH3 is 1. The number of amides is 1. The quantitative estimate of drug-likeness (QED) is 0.248. The predicted octanol–water partition coefficient (Wildman–Crippen LogP) is 5.56. The third-order valence-electron chi connectivity index (χ3n) is 4.98. The lowest BCUT2D eigenvalue weighted by Gasteiger charge is -2.11. The fourth-order valence-electron chi connectivity index (χ4n) is 3.27. The molecule has 0 aliphatic carbocycles. The number of carbonyl (C=O) groups excluding carboxylic acids is 1. The van der Waals surface area contributed by atoms with Crippen molar-refractivity contribution in [3.8, 4) is 17.2 Å². The van der Waals surface area contributed by atoms with E-state index in [0.717, 1.165) is 29.3 Å². The van der Waals surface area contributed by atoms with Gasteiger partial charge >= 0.3 is 0 Å². The highest BCUT2D eigenvalue weighted by Gasteiger charge is 2.07. The van der Waals surface area contributed by atoms with E-state index < -0.39 is 0 Å². The van der Waals surface area contributed by atoms with Gasteiger partial charge in [-0.3, -0.25) is 4.79 Å². The molecule has 3 rings (SSSR count). The summed E-state index contributed by atoms with van der Waals surface area (Å²) in [7, 11) is 1.59. The number of hydrogen-bond acceptors (Lipinski definition) is 5. The number of halogens is 1. The Labute approximate surface area is 209 Å². The van der Waals surface area contributed by atoms with Crippen molar-refractivity contribution >= 4 is 28.1 Å². The van der Waals surface area contributed by atoms with E-state index >= 15 is 0 Å². The van der Waals surface area contributed by atoms with E-state index in [0.29, 0.717) is 23.9 Å². The second-order valence-electron chi connectivity index (χ2n) is 7.59. The summed E-state index contributed by atoms with van der Waals surface area (Å²) >= 11 is 3.49. The Bertz CT molecular complexity index is 1100. The number of nitrogens with one attached hydrogen (secondary N) is 1. The van der Waals surface area contributed by atoms with Crippen LogP contribution in [0.2, 0.25) is 0 Å². The normalized spacial score (nSPS) is 10.8. The highest BCUT2D eigenvalue weighted by atomic mass is 79.9. The molecule has 0 unspecified atom stereocenters. The summed E-state index contributed by atoms with van der Waals surface area (Å²) in [5.41, 5.74) is 5.68. The SMILES string of the molecule is CCCc1ccc(OCC(=O)N/N=C/c2ccc(OCCc3ccccc3)c(OC)c2)c(Br)c1. The minimum Gasteiger partial charge on any atom is -0.493 e. The summed E-state index contributed by atoms with van der Waals surface area (Å²) in [5.74, 6) is 1.52. The van der Waals surface area contributed by atoms with Gasteiger partial charge in [0.05, 0.1) is 24.4 Å². The Kier molecular flexibility index (Phi) is 9.98. The lowest BCUT2D eigenvalue weighted by atomic mass is 10.1. The summed E-state index contributed by atoms with van der Waals surface area (Å²) < 4.78 is 17.7. The molecule has 0 heterocycles. The van der Waals surface area contributed by atoms with Crippen molar-refractivity contribution in [2.45, 2.75) is 26.2 Å². The minimum absolute atomic E-state index is 0.138. The number of hydrazone groups is 1. The third kappa shape index (κ3) is 7.92. The number of carbonyl (C=O) groups is 1. The number of nitrogens with zero attached hydrogens (tertiary/aromatic N) is 1. The van der Waals surface area contributed by atoms with Gasteiger partial charge in [-0.2, -0.15) is 5.10 Å². The van der Waals surface area contributed by atoms with Crippen LogP contribution in [0, 0.1) is 0 Å². The minimum atomic E-state index is -0.353. The van der Waals surface area contributed by atoms with Crippen LogP contribution in [0.3, 0.4) is 0 Å². The highest BCUT2D eigenvalue weighted by Crippen LogP contribution is 2.28. The van der Waals surface area contributed by atoms with Crippen LogP contribution in [0.1, 0.15) is 30.0 Å². The number of aryl methyl sites for hydroxylation is 1. The summed E-state index contributed by atoms with van der Waals surface area (Å²) in [6, 6.07) is 21.5. The second-order valence-corrected chi connectivity index (χ2v) is 8.45. The Morgan fingerprint density at radius 3 is 2.47 bits per heavy atom. The molecule has 0 fully saturated rings. The summed E-state index contributed by atoms with van der Waals surface area (Å²) in [6.07, 6.45) is 4.42. The molecule has 0 radical (unpaired) electrons. The average Bonchev–Trinajstić information content (AvgIpc) is 2.85. The molecule has 0 aromatic heterocycles. The van der Waals surface area contributed by atoms with Crippen molar-refractivity contribution in [2.75, 3.05) is 20.3 Å². The number of benzene rings is 3. The lowest BCUT2D eigenvalue weighted by molar-refractivity contribution is -0.123. The van der Waals surface area contributed by atoms with E-state index in [2.05, 4.69) is 45.5 Å². The molecule has 0 atom stereocenters. The Morgan fingerprint density at radius 1 is 0.941 bits per heavy atom. The highest BCUT2D eigenvalue weighted by molar-refractivity contribution is 9.10. The van der Waals surface area contributed by atoms with Gasteiger partial charge in [0.25, 0.3) is 5.91 Å². The van der Waals surface area contributed by atoms with Crippen molar-refractivity contribution < 1.29 is 19.0 Å². The predicted molar refractivity (Wildman–Crippen MR) is 138 cm³/mol. The molecule has 0 spiro atoms. The summed E-state index contributed by atoms with van der Waals surface area (Å²) in [6.45, 7) is 2.54. The fraction of sp³-hybridized carbons (Fsp3) is 0.259. The van der Waals surface area contributed by atoms with Crippen LogP contribution in [-0.2, 0) is 17.6 Å². The van der Waals surface area contributed by atoms with Crippen LogP contribution in [0.5, 0.6) is 17.2 Å². The molecule has 178 valence electrons. The largest absolute Gasteiger partial charge is 0.493 e. The molecule has 0 saturated heterocycles. The van der Waals surface area contributed by atoms with Crippen molar-refractivity contribution in [3.63, 3.8) is 0 Å². The van der Waals surface area contributed by atoms with E-state index in [-0.39, 0.29) is 12.5 Å². The Morgan fingerprint density at radius 2 is 1.74 bits per heavy atom. The van der Waals surface area contributed by atoms with E-state index in [9.17, 15) is 4.79 Å². The number of rotatable bonds is 12. The van der Waals surface area contributed by atoms with Crippen molar-refractivity contribution in [3.05, 3.63) is 87.9 Å². The van der Waals surface area contributed by atoms with Crippen molar-refractivity contribution in [1.29, 1.82) is 0 Å². The molecule has 3 aromatic carbocycles. The van der Waals surface area contributed by atoms with Crippen molar-refractivity contribution in [1.82, 2.24) is 5.43 Å². The molecular weight excluding hydrogens is 496 g/mol. The van der Waals surface area contributed by atoms with Gasteiger partial charge in [-0.15, -0.1) is 0 Å². The van der Waals surface area contributed by atoms with Gasteiger partial charge in [0.2, 0.25) is 0 Å². The molecule has 0 aliphatic heterocycles. The maximum absolute atomic E-state index is 12.1. The maximum Gasteiger partial charge on any atom is 0.277 e. The number of ether oxygens (including phenoxy) is 3. The molecule has 34 heavy (non-hydrogen) atoms.